The highest BCUT2D eigenvalue weighted by molar-refractivity contribution is 5.95. The van der Waals surface area contributed by atoms with Crippen LogP contribution in [0.2, 0.25) is 0 Å². The third kappa shape index (κ3) is 7.87. The zero-order chi connectivity index (χ0) is 23.6. The summed E-state index contributed by atoms with van der Waals surface area (Å²) in [6, 6.07) is 18.3. The number of amides is 3. The van der Waals surface area contributed by atoms with Crippen LogP contribution in [0, 0.1) is 0 Å². The van der Waals surface area contributed by atoms with Gasteiger partial charge in [-0.25, -0.2) is 4.79 Å². The van der Waals surface area contributed by atoms with Gasteiger partial charge in [0.05, 0.1) is 0 Å². The second-order valence-electron chi connectivity index (χ2n) is 9.09. The van der Waals surface area contributed by atoms with Crippen LogP contribution in [0.5, 0.6) is 0 Å². The molecule has 0 aromatic heterocycles. The molecule has 0 radical (unpaired) electrons. The Morgan fingerprint density at radius 1 is 1.00 bits per heavy atom. The summed E-state index contributed by atoms with van der Waals surface area (Å²) < 4.78 is 0. The van der Waals surface area contributed by atoms with Crippen LogP contribution in [0.15, 0.2) is 54.6 Å². The van der Waals surface area contributed by atoms with Gasteiger partial charge in [-0.1, -0.05) is 43.2 Å². The third-order valence-corrected chi connectivity index (χ3v) is 5.89. The average Bonchev–Trinajstić information content (AvgIpc) is 3.28. The Balaban J connectivity index is 1.32. The molecule has 3 amide bonds. The van der Waals surface area contributed by atoms with Gasteiger partial charge in [0.1, 0.15) is 0 Å². The van der Waals surface area contributed by atoms with Crippen LogP contribution in [-0.4, -0.2) is 42.5 Å². The van der Waals surface area contributed by atoms with E-state index in [-0.39, 0.29) is 18.0 Å². The predicted molar refractivity (Wildman–Crippen MR) is 133 cm³/mol. The molecule has 33 heavy (non-hydrogen) atoms. The third-order valence-electron chi connectivity index (χ3n) is 5.89. The van der Waals surface area contributed by atoms with E-state index in [1.165, 1.54) is 5.56 Å². The van der Waals surface area contributed by atoms with Gasteiger partial charge in [-0.05, 0) is 62.9 Å². The molecule has 1 fully saturated rings. The average molecular weight is 452 g/mol. The van der Waals surface area contributed by atoms with Gasteiger partial charge in [-0.15, -0.1) is 0 Å². The molecule has 2 aromatic rings. The summed E-state index contributed by atoms with van der Waals surface area (Å²) in [7, 11) is 1.84. The van der Waals surface area contributed by atoms with Crippen molar-refractivity contribution >= 4 is 17.6 Å². The number of hydrogen-bond acceptors (Lipinski definition) is 4. The van der Waals surface area contributed by atoms with Crippen molar-refractivity contribution in [3.63, 3.8) is 0 Å². The number of nitrogens with one attached hydrogen (secondary N) is 4. The lowest BCUT2D eigenvalue weighted by Crippen LogP contribution is -2.34. The number of urea groups is 1. The fourth-order valence-corrected chi connectivity index (χ4v) is 4.08. The van der Waals surface area contributed by atoms with Gasteiger partial charge >= 0.3 is 6.03 Å². The number of hydrazine groups is 1. The van der Waals surface area contributed by atoms with E-state index in [9.17, 15) is 9.59 Å². The van der Waals surface area contributed by atoms with Crippen molar-refractivity contribution in [1.29, 1.82) is 0 Å². The van der Waals surface area contributed by atoms with Crippen LogP contribution in [-0.2, 0) is 0 Å². The van der Waals surface area contributed by atoms with Gasteiger partial charge in [0.2, 0.25) is 0 Å². The molecule has 1 heterocycles. The predicted octanol–water partition coefficient (Wildman–Crippen LogP) is 4.46. The van der Waals surface area contributed by atoms with E-state index >= 15 is 0 Å². The molecule has 178 valence electrons. The zero-order valence-electron chi connectivity index (χ0n) is 19.9. The van der Waals surface area contributed by atoms with Gasteiger partial charge in [0.15, 0.2) is 0 Å². The molecule has 7 nitrogen and oxygen atoms in total. The van der Waals surface area contributed by atoms with Crippen molar-refractivity contribution < 1.29 is 9.59 Å². The highest BCUT2D eigenvalue weighted by Gasteiger charge is 2.24. The number of nitrogens with zero attached hydrogens (tertiary/aromatic N) is 1. The molecule has 7 heteroatoms. The number of carbonyl (C=O) groups is 2. The lowest BCUT2D eigenvalue weighted by atomic mass is 9.99. The minimum absolute atomic E-state index is 0.000504. The van der Waals surface area contributed by atoms with Crippen LogP contribution in [0.3, 0.4) is 0 Å². The summed E-state index contributed by atoms with van der Waals surface area (Å²) in [6.45, 7) is 4.54. The van der Waals surface area contributed by atoms with Gasteiger partial charge < -0.3 is 15.5 Å². The smallest absolute Gasteiger partial charge is 0.319 e. The summed E-state index contributed by atoms with van der Waals surface area (Å²) >= 11 is 0. The van der Waals surface area contributed by atoms with Gasteiger partial charge in [0, 0.05) is 43.0 Å². The molecule has 0 bridgehead atoms. The van der Waals surface area contributed by atoms with E-state index in [4.69, 9.17) is 0 Å². The Morgan fingerprint density at radius 2 is 1.73 bits per heavy atom. The van der Waals surface area contributed by atoms with E-state index in [1.807, 2.05) is 27.0 Å². The first kappa shape index (κ1) is 24.7. The molecule has 1 aliphatic rings. The topological polar surface area (TPSA) is 85.5 Å². The van der Waals surface area contributed by atoms with E-state index in [1.54, 1.807) is 29.2 Å². The summed E-state index contributed by atoms with van der Waals surface area (Å²) in [6.07, 6.45) is 5.46. The number of anilines is 1. The Morgan fingerprint density at radius 3 is 2.42 bits per heavy atom. The maximum atomic E-state index is 12.7. The van der Waals surface area contributed by atoms with Crippen molar-refractivity contribution in [1.82, 2.24) is 21.1 Å². The summed E-state index contributed by atoms with van der Waals surface area (Å²) in [4.78, 5) is 26.2. The fraction of sp³-hybridized carbons (Fsp3) is 0.462. The van der Waals surface area contributed by atoms with E-state index in [0.29, 0.717) is 23.3 Å². The maximum absolute atomic E-state index is 12.7. The van der Waals surface area contributed by atoms with Crippen LogP contribution in [0.1, 0.15) is 67.9 Å². The second kappa shape index (κ2) is 12.4. The SMILES string of the molecule is CC(C)NC(=O)Nc1ccc(C(=O)N(C)CCCCCC2CC(c3ccccc3)NN2)cc1. The molecule has 4 N–H and O–H groups in total. The monoisotopic (exact) mass is 451 g/mol. The Kier molecular flexibility index (Phi) is 9.27. The van der Waals surface area contributed by atoms with E-state index in [0.717, 1.165) is 38.6 Å². The standard InChI is InChI=1S/C26H37N5O2/c1-19(2)27-26(33)28-22-15-13-21(14-16-22)25(32)31(3)17-9-5-8-12-23-18-24(30-29-23)20-10-6-4-7-11-20/h4,6-7,10-11,13-16,19,23-24,29-30H,5,8-9,12,17-18H2,1-3H3,(H2,27,28,33). The summed E-state index contributed by atoms with van der Waals surface area (Å²) in [5, 5.41) is 5.54. The largest absolute Gasteiger partial charge is 0.342 e. The van der Waals surface area contributed by atoms with E-state index in [2.05, 4.69) is 45.8 Å². The highest BCUT2D eigenvalue weighted by atomic mass is 16.2. The minimum Gasteiger partial charge on any atom is -0.342 e. The van der Waals surface area contributed by atoms with Crippen molar-refractivity contribution in [2.24, 2.45) is 0 Å². The number of rotatable bonds is 10. The summed E-state index contributed by atoms with van der Waals surface area (Å²) in [5.41, 5.74) is 9.45. The van der Waals surface area contributed by atoms with Crippen LogP contribution in [0.4, 0.5) is 10.5 Å². The van der Waals surface area contributed by atoms with Crippen LogP contribution < -0.4 is 21.5 Å². The van der Waals surface area contributed by atoms with Crippen molar-refractivity contribution in [2.75, 3.05) is 18.9 Å². The normalized spacial score (nSPS) is 17.7. The Hall–Kier alpha value is -2.90. The number of unbranched alkanes of at least 4 members (excludes halogenated alkanes) is 2. The molecular formula is C26H37N5O2. The first-order chi connectivity index (χ1) is 15.9. The fourth-order valence-electron chi connectivity index (χ4n) is 4.08. The second-order valence-corrected chi connectivity index (χ2v) is 9.09. The lowest BCUT2D eigenvalue weighted by Gasteiger charge is -2.18. The number of benzene rings is 2. The van der Waals surface area contributed by atoms with Crippen molar-refractivity contribution in [2.45, 2.75) is 64.1 Å². The van der Waals surface area contributed by atoms with Crippen molar-refractivity contribution in [3.05, 3.63) is 65.7 Å². The first-order valence-electron chi connectivity index (χ1n) is 11.9. The molecule has 0 spiro atoms. The first-order valence-corrected chi connectivity index (χ1v) is 11.9. The minimum atomic E-state index is -0.250. The maximum Gasteiger partial charge on any atom is 0.319 e. The van der Waals surface area contributed by atoms with Gasteiger partial charge in [-0.2, -0.15) is 0 Å². The van der Waals surface area contributed by atoms with Gasteiger partial charge in [-0.3, -0.25) is 15.6 Å². The van der Waals surface area contributed by atoms with Gasteiger partial charge in [0.25, 0.3) is 5.91 Å². The Bertz CT molecular complexity index is 885. The van der Waals surface area contributed by atoms with Crippen LogP contribution >= 0.6 is 0 Å². The zero-order valence-corrected chi connectivity index (χ0v) is 19.9. The molecule has 1 aliphatic heterocycles. The summed E-state index contributed by atoms with van der Waals surface area (Å²) in [5.74, 6) is 0.000504. The molecule has 0 aliphatic carbocycles. The number of hydrogen-bond donors (Lipinski definition) is 4. The Labute approximate surface area is 197 Å². The van der Waals surface area contributed by atoms with E-state index < -0.39 is 0 Å². The van der Waals surface area contributed by atoms with Crippen molar-refractivity contribution in [3.8, 4) is 0 Å². The molecule has 2 aromatic carbocycles. The quantitative estimate of drug-likeness (QED) is 0.402. The number of carbonyl (C=O) groups excluding carboxylic acids is 2. The molecule has 0 saturated carbocycles. The highest BCUT2D eigenvalue weighted by Crippen LogP contribution is 2.24. The van der Waals surface area contributed by atoms with Crippen LogP contribution in [0.25, 0.3) is 0 Å². The lowest BCUT2D eigenvalue weighted by molar-refractivity contribution is 0.0792. The molecular weight excluding hydrogens is 414 g/mol. The molecule has 3 rings (SSSR count). The molecule has 2 atom stereocenters. The molecule has 2 unspecified atom stereocenters. The molecule has 1 saturated heterocycles.